The van der Waals surface area contributed by atoms with Crippen LogP contribution in [0.5, 0.6) is 0 Å². The summed E-state index contributed by atoms with van der Waals surface area (Å²) in [5, 5.41) is 18.0. The molecule has 0 aliphatic rings. The molecule has 0 radical (unpaired) electrons. The van der Waals surface area contributed by atoms with Crippen molar-refractivity contribution in [1.82, 2.24) is 0 Å². The molecule has 1 aromatic carbocycles. The number of benzene rings is 1. The quantitative estimate of drug-likeness (QED) is 0.547. The van der Waals surface area contributed by atoms with E-state index >= 15 is 0 Å². The molecule has 0 amide bonds. The number of thioether (sulfide) groups is 1. The van der Waals surface area contributed by atoms with E-state index in [0.29, 0.717) is 17.0 Å². The Bertz CT molecular complexity index is 459. The molecule has 0 heterocycles. The van der Waals surface area contributed by atoms with Crippen molar-refractivity contribution in [2.45, 2.75) is 5.75 Å². The van der Waals surface area contributed by atoms with Crippen molar-refractivity contribution in [2.75, 3.05) is 17.8 Å². The summed E-state index contributed by atoms with van der Waals surface area (Å²) in [5.74, 6) is 1.38. The normalized spacial score (nSPS) is 11.5. The summed E-state index contributed by atoms with van der Waals surface area (Å²) >= 11 is 1.51. The Morgan fingerprint density at radius 2 is 2.06 bits per heavy atom. The van der Waals surface area contributed by atoms with Crippen molar-refractivity contribution in [3.63, 3.8) is 0 Å². The van der Waals surface area contributed by atoms with Crippen LogP contribution in [0.2, 0.25) is 0 Å². The Labute approximate surface area is 106 Å². The lowest BCUT2D eigenvalue weighted by molar-refractivity contribution is 0.425. The second kappa shape index (κ2) is 6.44. The molecule has 0 aromatic heterocycles. The Balaban J connectivity index is 2.44. The Morgan fingerprint density at radius 1 is 1.35 bits per heavy atom. The van der Waals surface area contributed by atoms with Gasteiger partial charge in [0, 0.05) is 17.8 Å². The third kappa shape index (κ3) is 6.11. The minimum Gasteiger partial charge on any atom is -0.423 e. The molecule has 0 bridgehead atoms. The smallest absolute Gasteiger partial charge is 0.423 e. The van der Waals surface area contributed by atoms with Gasteiger partial charge in [0.1, 0.15) is 9.84 Å². The Kier molecular flexibility index (Phi) is 5.52. The summed E-state index contributed by atoms with van der Waals surface area (Å²) < 4.78 is 21.8. The van der Waals surface area contributed by atoms with E-state index in [1.807, 2.05) is 6.07 Å². The predicted molar refractivity (Wildman–Crippen MR) is 72.1 cm³/mol. The molecule has 1 aromatic rings. The van der Waals surface area contributed by atoms with Gasteiger partial charge in [-0.25, -0.2) is 8.42 Å². The number of rotatable bonds is 6. The zero-order valence-electron chi connectivity index (χ0n) is 9.54. The topological polar surface area (TPSA) is 74.6 Å². The minimum atomic E-state index is -2.90. The van der Waals surface area contributed by atoms with Crippen LogP contribution in [0.15, 0.2) is 24.3 Å². The summed E-state index contributed by atoms with van der Waals surface area (Å²) in [7, 11) is -4.36. The number of hydrogen-bond acceptors (Lipinski definition) is 5. The standard InChI is InChI=1S/C10H15BO4S2/c1-17(14,15)6-5-16-8-9-3-2-4-10(7-9)11(12)13/h2-4,7,12-13H,5-6,8H2,1H3. The lowest BCUT2D eigenvalue weighted by atomic mass is 9.80. The van der Waals surface area contributed by atoms with Crippen molar-refractivity contribution in [3.8, 4) is 0 Å². The van der Waals surface area contributed by atoms with Crippen molar-refractivity contribution in [2.24, 2.45) is 0 Å². The maximum atomic E-state index is 10.9. The second-order valence-electron chi connectivity index (χ2n) is 3.80. The summed E-state index contributed by atoms with van der Waals surface area (Å²) in [6, 6.07) is 6.97. The highest BCUT2D eigenvalue weighted by molar-refractivity contribution is 7.99. The van der Waals surface area contributed by atoms with Crippen LogP contribution in [0.1, 0.15) is 5.56 Å². The van der Waals surface area contributed by atoms with E-state index in [0.717, 1.165) is 5.56 Å². The summed E-state index contributed by atoms with van der Waals surface area (Å²) in [6.45, 7) is 0. The first-order chi connectivity index (χ1) is 7.88. The van der Waals surface area contributed by atoms with E-state index < -0.39 is 17.0 Å². The monoisotopic (exact) mass is 274 g/mol. The fourth-order valence-corrected chi connectivity index (χ4v) is 3.49. The summed E-state index contributed by atoms with van der Waals surface area (Å²) in [6.07, 6.45) is 1.22. The fraction of sp³-hybridized carbons (Fsp3) is 0.400. The maximum Gasteiger partial charge on any atom is 0.488 e. The molecule has 0 unspecified atom stereocenters. The number of hydrogen-bond donors (Lipinski definition) is 2. The van der Waals surface area contributed by atoms with Crippen molar-refractivity contribution in [3.05, 3.63) is 29.8 Å². The van der Waals surface area contributed by atoms with Crippen molar-refractivity contribution >= 4 is 34.2 Å². The van der Waals surface area contributed by atoms with Gasteiger partial charge in [0.2, 0.25) is 0 Å². The van der Waals surface area contributed by atoms with E-state index in [2.05, 4.69) is 0 Å². The molecular weight excluding hydrogens is 259 g/mol. The molecule has 0 aliphatic carbocycles. The molecule has 4 nitrogen and oxygen atoms in total. The molecule has 0 aliphatic heterocycles. The summed E-state index contributed by atoms with van der Waals surface area (Å²) in [4.78, 5) is 0. The SMILES string of the molecule is CS(=O)(=O)CCSCc1cccc(B(O)O)c1. The second-order valence-corrected chi connectivity index (χ2v) is 7.17. The van der Waals surface area contributed by atoms with Gasteiger partial charge in [0.25, 0.3) is 0 Å². The third-order valence-corrected chi connectivity index (χ3v) is 4.35. The van der Waals surface area contributed by atoms with Crippen LogP contribution in [0.3, 0.4) is 0 Å². The zero-order valence-corrected chi connectivity index (χ0v) is 11.2. The van der Waals surface area contributed by atoms with Gasteiger partial charge in [-0.1, -0.05) is 24.3 Å². The Morgan fingerprint density at radius 3 is 2.65 bits per heavy atom. The van der Waals surface area contributed by atoms with Gasteiger partial charge in [-0.15, -0.1) is 0 Å². The molecule has 17 heavy (non-hydrogen) atoms. The van der Waals surface area contributed by atoms with Crippen LogP contribution >= 0.6 is 11.8 Å². The lowest BCUT2D eigenvalue weighted by Gasteiger charge is -2.04. The average molecular weight is 274 g/mol. The van der Waals surface area contributed by atoms with Gasteiger partial charge in [-0.05, 0) is 11.0 Å². The van der Waals surface area contributed by atoms with Crippen LogP contribution in [0, 0.1) is 0 Å². The average Bonchev–Trinajstić information content (AvgIpc) is 2.23. The molecule has 7 heteroatoms. The molecule has 0 spiro atoms. The van der Waals surface area contributed by atoms with E-state index in [9.17, 15) is 8.42 Å². The molecule has 94 valence electrons. The fourth-order valence-electron chi connectivity index (χ4n) is 1.24. The first-order valence-electron chi connectivity index (χ1n) is 5.09. The van der Waals surface area contributed by atoms with Crippen LogP contribution < -0.4 is 5.46 Å². The third-order valence-electron chi connectivity index (χ3n) is 2.12. The van der Waals surface area contributed by atoms with E-state index in [1.165, 1.54) is 18.0 Å². The molecule has 2 N–H and O–H groups in total. The van der Waals surface area contributed by atoms with Crippen molar-refractivity contribution < 1.29 is 18.5 Å². The number of sulfone groups is 1. The van der Waals surface area contributed by atoms with Gasteiger partial charge in [0.05, 0.1) is 5.75 Å². The van der Waals surface area contributed by atoms with Crippen molar-refractivity contribution in [1.29, 1.82) is 0 Å². The molecule has 1 rings (SSSR count). The predicted octanol–water partition coefficient (Wildman–Crippen LogP) is -0.356. The van der Waals surface area contributed by atoms with Crippen LogP contribution in [0.4, 0.5) is 0 Å². The highest BCUT2D eigenvalue weighted by atomic mass is 32.2. The van der Waals surface area contributed by atoms with Gasteiger partial charge < -0.3 is 10.0 Å². The molecular formula is C10H15BO4S2. The maximum absolute atomic E-state index is 10.9. The van der Waals surface area contributed by atoms with E-state index in [-0.39, 0.29) is 5.75 Å². The van der Waals surface area contributed by atoms with Gasteiger partial charge >= 0.3 is 7.12 Å². The van der Waals surface area contributed by atoms with Crippen LogP contribution in [-0.2, 0) is 15.6 Å². The molecule has 0 saturated heterocycles. The minimum absolute atomic E-state index is 0.167. The van der Waals surface area contributed by atoms with Gasteiger partial charge in [-0.3, -0.25) is 0 Å². The van der Waals surface area contributed by atoms with Gasteiger partial charge in [0.15, 0.2) is 0 Å². The molecule has 0 atom stereocenters. The molecule has 0 fully saturated rings. The highest BCUT2D eigenvalue weighted by Gasteiger charge is 2.10. The first-order valence-corrected chi connectivity index (χ1v) is 8.30. The van der Waals surface area contributed by atoms with E-state index in [4.69, 9.17) is 10.0 Å². The molecule has 0 saturated carbocycles. The van der Waals surface area contributed by atoms with Gasteiger partial charge in [-0.2, -0.15) is 11.8 Å². The lowest BCUT2D eigenvalue weighted by Crippen LogP contribution is -2.29. The van der Waals surface area contributed by atoms with Crippen LogP contribution in [-0.4, -0.2) is 43.3 Å². The van der Waals surface area contributed by atoms with E-state index in [1.54, 1.807) is 18.2 Å². The first kappa shape index (κ1) is 14.6. The highest BCUT2D eigenvalue weighted by Crippen LogP contribution is 2.11. The van der Waals surface area contributed by atoms with Crippen LogP contribution in [0.25, 0.3) is 0 Å². The summed E-state index contributed by atoms with van der Waals surface area (Å²) in [5.41, 5.74) is 1.40. The largest absolute Gasteiger partial charge is 0.488 e. The zero-order chi connectivity index (χ0) is 12.9. The Hall–Kier alpha value is -0.495.